The number of piperidine rings is 1. The molecule has 0 amide bonds. The Bertz CT molecular complexity index is 204. The van der Waals surface area contributed by atoms with Gasteiger partial charge in [-0.2, -0.15) is 0 Å². The topological polar surface area (TPSA) is 49.5 Å². The summed E-state index contributed by atoms with van der Waals surface area (Å²) in [4.78, 5) is 2.63. The minimum atomic E-state index is -0.123. The monoisotopic (exact) mass is 226 g/mol. The first-order valence-corrected chi connectivity index (χ1v) is 6.84. The lowest BCUT2D eigenvalue weighted by atomic mass is 9.87. The molecule has 1 saturated carbocycles. The van der Waals surface area contributed by atoms with Crippen molar-refractivity contribution in [2.75, 3.05) is 13.1 Å². The molecule has 0 aromatic heterocycles. The maximum Gasteiger partial charge on any atom is 0.0541 e. The molecule has 2 rings (SSSR count). The molecule has 1 aliphatic heterocycles. The van der Waals surface area contributed by atoms with E-state index in [-0.39, 0.29) is 6.10 Å². The molecule has 94 valence electrons. The molecule has 0 bridgehead atoms. The van der Waals surface area contributed by atoms with Gasteiger partial charge in [0.05, 0.1) is 6.10 Å². The molecule has 0 aromatic rings. The predicted molar refractivity (Wildman–Crippen MR) is 66.2 cm³/mol. The Morgan fingerprint density at radius 1 is 1.06 bits per heavy atom. The third kappa shape index (κ3) is 2.96. The molecule has 1 heterocycles. The molecule has 3 N–H and O–H groups in total. The van der Waals surface area contributed by atoms with Crippen molar-refractivity contribution in [3.8, 4) is 0 Å². The predicted octanol–water partition coefficient (Wildman–Crippen LogP) is 1.35. The minimum Gasteiger partial charge on any atom is -0.393 e. The number of hydrogen-bond donors (Lipinski definition) is 2. The van der Waals surface area contributed by atoms with Gasteiger partial charge < -0.3 is 15.7 Å². The van der Waals surface area contributed by atoms with Gasteiger partial charge in [0, 0.05) is 12.1 Å². The quantitative estimate of drug-likeness (QED) is 0.747. The Morgan fingerprint density at radius 3 is 2.12 bits per heavy atom. The molecule has 0 radical (unpaired) electrons. The van der Waals surface area contributed by atoms with Crippen LogP contribution in [-0.2, 0) is 0 Å². The lowest BCUT2D eigenvalue weighted by Gasteiger charge is -2.40. The maximum atomic E-state index is 9.57. The van der Waals surface area contributed by atoms with Crippen molar-refractivity contribution in [1.29, 1.82) is 0 Å². The van der Waals surface area contributed by atoms with E-state index in [9.17, 15) is 5.11 Å². The zero-order valence-electron chi connectivity index (χ0n) is 10.4. The third-order valence-corrected chi connectivity index (χ3v) is 4.51. The van der Waals surface area contributed by atoms with Crippen molar-refractivity contribution >= 4 is 0 Å². The Labute approximate surface area is 99.0 Å². The molecule has 0 spiro atoms. The van der Waals surface area contributed by atoms with Gasteiger partial charge in [-0.3, -0.25) is 0 Å². The van der Waals surface area contributed by atoms with Crippen LogP contribution in [0.1, 0.15) is 45.4 Å². The second kappa shape index (κ2) is 5.48. The fraction of sp³-hybridized carbons (Fsp3) is 1.00. The van der Waals surface area contributed by atoms with Gasteiger partial charge in [-0.25, -0.2) is 0 Å². The highest BCUT2D eigenvalue weighted by molar-refractivity contribution is 4.84. The summed E-state index contributed by atoms with van der Waals surface area (Å²) < 4.78 is 0. The lowest BCUT2D eigenvalue weighted by Crippen LogP contribution is -2.45. The van der Waals surface area contributed by atoms with Crippen molar-refractivity contribution in [1.82, 2.24) is 4.90 Å². The van der Waals surface area contributed by atoms with Gasteiger partial charge >= 0.3 is 0 Å². The summed E-state index contributed by atoms with van der Waals surface area (Å²) in [5.41, 5.74) is 5.94. The van der Waals surface area contributed by atoms with E-state index < -0.39 is 0 Å². The van der Waals surface area contributed by atoms with E-state index >= 15 is 0 Å². The maximum absolute atomic E-state index is 9.57. The molecule has 1 saturated heterocycles. The van der Waals surface area contributed by atoms with E-state index in [0.29, 0.717) is 12.0 Å². The van der Waals surface area contributed by atoms with E-state index in [2.05, 4.69) is 4.90 Å². The molecular weight excluding hydrogens is 200 g/mol. The number of aliphatic hydroxyl groups is 1. The number of likely N-dealkylation sites (tertiary alicyclic amines) is 1. The van der Waals surface area contributed by atoms with Crippen LogP contribution in [0.3, 0.4) is 0 Å². The van der Waals surface area contributed by atoms with Gasteiger partial charge in [0.1, 0.15) is 0 Å². The van der Waals surface area contributed by atoms with E-state index in [1.807, 2.05) is 6.92 Å². The molecule has 3 heteroatoms. The molecular formula is C13H26N2O. The van der Waals surface area contributed by atoms with Gasteiger partial charge in [-0.15, -0.1) is 0 Å². The van der Waals surface area contributed by atoms with Crippen molar-refractivity contribution < 1.29 is 5.11 Å². The molecule has 1 unspecified atom stereocenters. The smallest absolute Gasteiger partial charge is 0.0541 e. The van der Waals surface area contributed by atoms with E-state index in [0.717, 1.165) is 6.04 Å². The molecule has 16 heavy (non-hydrogen) atoms. The highest BCUT2D eigenvalue weighted by Crippen LogP contribution is 2.27. The van der Waals surface area contributed by atoms with Crippen LogP contribution < -0.4 is 5.73 Å². The second-order valence-corrected chi connectivity index (χ2v) is 5.68. The molecule has 2 aliphatic rings. The first-order chi connectivity index (χ1) is 7.66. The van der Waals surface area contributed by atoms with Crippen LogP contribution in [0.15, 0.2) is 0 Å². The van der Waals surface area contributed by atoms with Crippen LogP contribution in [0, 0.1) is 5.92 Å². The van der Waals surface area contributed by atoms with Crippen LogP contribution in [0.25, 0.3) is 0 Å². The normalized spacial score (nSPS) is 36.2. The number of nitrogens with zero attached hydrogens (tertiary/aromatic N) is 1. The van der Waals surface area contributed by atoms with Gasteiger partial charge in [-0.05, 0) is 64.5 Å². The van der Waals surface area contributed by atoms with Crippen molar-refractivity contribution in [3.05, 3.63) is 0 Å². The standard InChI is InChI=1S/C13H26N2O/c1-10(16)11-6-8-15(9-7-11)13-4-2-12(14)3-5-13/h10-13,16H,2-9,14H2,1H3. The summed E-state index contributed by atoms with van der Waals surface area (Å²) in [5, 5.41) is 9.57. The summed E-state index contributed by atoms with van der Waals surface area (Å²) >= 11 is 0. The zero-order valence-corrected chi connectivity index (χ0v) is 10.4. The zero-order chi connectivity index (χ0) is 11.5. The van der Waals surface area contributed by atoms with Crippen LogP contribution in [0.4, 0.5) is 0 Å². The lowest BCUT2D eigenvalue weighted by molar-refractivity contribution is 0.0463. The Hall–Kier alpha value is -0.120. The highest BCUT2D eigenvalue weighted by atomic mass is 16.3. The van der Waals surface area contributed by atoms with Crippen molar-refractivity contribution in [2.24, 2.45) is 11.7 Å². The largest absolute Gasteiger partial charge is 0.393 e. The van der Waals surface area contributed by atoms with Crippen LogP contribution >= 0.6 is 0 Å². The third-order valence-electron chi connectivity index (χ3n) is 4.51. The van der Waals surface area contributed by atoms with Gasteiger partial charge in [-0.1, -0.05) is 0 Å². The number of aliphatic hydroxyl groups excluding tert-OH is 1. The minimum absolute atomic E-state index is 0.123. The van der Waals surface area contributed by atoms with Gasteiger partial charge in [0.15, 0.2) is 0 Å². The first-order valence-electron chi connectivity index (χ1n) is 6.84. The van der Waals surface area contributed by atoms with Crippen LogP contribution in [-0.4, -0.2) is 41.3 Å². The molecule has 1 aliphatic carbocycles. The van der Waals surface area contributed by atoms with Crippen LogP contribution in [0.5, 0.6) is 0 Å². The van der Waals surface area contributed by atoms with Crippen molar-refractivity contribution in [3.63, 3.8) is 0 Å². The van der Waals surface area contributed by atoms with Crippen LogP contribution in [0.2, 0.25) is 0 Å². The SMILES string of the molecule is CC(O)C1CCN(C2CCC(N)CC2)CC1. The fourth-order valence-corrected chi connectivity index (χ4v) is 3.23. The summed E-state index contributed by atoms with van der Waals surface area (Å²) in [5.74, 6) is 0.530. The number of hydrogen-bond acceptors (Lipinski definition) is 3. The Kier molecular flexibility index (Phi) is 4.22. The average Bonchev–Trinajstić information content (AvgIpc) is 2.30. The highest BCUT2D eigenvalue weighted by Gasteiger charge is 2.29. The van der Waals surface area contributed by atoms with E-state index in [4.69, 9.17) is 5.73 Å². The summed E-state index contributed by atoms with van der Waals surface area (Å²) in [6, 6.07) is 1.22. The molecule has 1 atom stereocenters. The molecule has 0 aromatic carbocycles. The Morgan fingerprint density at radius 2 is 1.62 bits per heavy atom. The first kappa shape index (κ1) is 12.3. The summed E-state index contributed by atoms with van der Waals surface area (Å²) in [6.07, 6.45) is 7.16. The number of nitrogens with two attached hydrogens (primary N) is 1. The second-order valence-electron chi connectivity index (χ2n) is 5.68. The fourth-order valence-electron chi connectivity index (χ4n) is 3.23. The van der Waals surface area contributed by atoms with Gasteiger partial charge in [0.2, 0.25) is 0 Å². The van der Waals surface area contributed by atoms with Gasteiger partial charge in [0.25, 0.3) is 0 Å². The van der Waals surface area contributed by atoms with E-state index in [1.165, 1.54) is 51.6 Å². The number of rotatable bonds is 2. The summed E-state index contributed by atoms with van der Waals surface area (Å²) in [6.45, 7) is 4.28. The van der Waals surface area contributed by atoms with E-state index in [1.54, 1.807) is 0 Å². The Balaban J connectivity index is 1.76. The summed E-state index contributed by atoms with van der Waals surface area (Å²) in [7, 11) is 0. The van der Waals surface area contributed by atoms with Crippen molar-refractivity contribution in [2.45, 2.75) is 63.6 Å². The molecule has 2 fully saturated rings. The average molecular weight is 226 g/mol. The molecule has 3 nitrogen and oxygen atoms in total.